The van der Waals surface area contributed by atoms with Crippen molar-refractivity contribution in [2.75, 3.05) is 39.6 Å². The molecule has 0 fully saturated rings. The van der Waals surface area contributed by atoms with Gasteiger partial charge in [-0.05, 0) is 63.2 Å². The van der Waals surface area contributed by atoms with Crippen molar-refractivity contribution < 1.29 is 80.2 Å². The van der Waals surface area contributed by atoms with Gasteiger partial charge in [0, 0.05) is 25.7 Å². The summed E-state index contributed by atoms with van der Waals surface area (Å²) in [5, 5.41) is 10.6. The number of carbonyl (C=O) groups excluding carboxylic acids is 4. The van der Waals surface area contributed by atoms with Gasteiger partial charge >= 0.3 is 39.5 Å². The second-order valence-corrected chi connectivity index (χ2v) is 31.4. The maximum Gasteiger partial charge on any atom is 0.472 e. The van der Waals surface area contributed by atoms with Gasteiger partial charge in [-0.1, -0.05) is 336 Å². The molecule has 3 unspecified atom stereocenters. The molecule has 0 rings (SSSR count). The Hall–Kier alpha value is -2.46. The van der Waals surface area contributed by atoms with Gasteiger partial charge in [0.2, 0.25) is 0 Å². The fraction of sp³-hybridized carbons (Fsp3) is 0.899. The van der Waals surface area contributed by atoms with Crippen molar-refractivity contribution in [3.63, 3.8) is 0 Å². The molecule has 0 aromatic carbocycles. The van der Waals surface area contributed by atoms with Crippen molar-refractivity contribution in [1.29, 1.82) is 0 Å². The predicted octanol–water partition coefficient (Wildman–Crippen LogP) is 23.1. The smallest absolute Gasteiger partial charge is 0.462 e. The third-order valence-electron chi connectivity index (χ3n) is 18.2. The number of aliphatic hydroxyl groups is 1. The standard InChI is InChI=1S/C79H150O17P2/c1-7-10-12-14-16-18-20-22-24-25-26-28-30-35-39-43-51-57-63-78(83)95-74(67-89-76(81)61-55-49-42-38-34-29-27-23-21-19-17-15-13-11-8-2)69-93-97(85,86)91-65-73(80)66-92-98(87,88)94-70-75(68-90-77(82)62-56-50-46-45-48-54-60-72(6)9-3)96-79(84)64-58-52-44-40-36-32-31-33-37-41-47-53-59-71(4)5/h19,21,23,27,71-75,80H,7-18,20,22,24-26,28-70H2,1-6H3,(H,85,86)(H,87,88)/b21-19-,27-23-/t72?,73-,74-,75-/m1/s1. The van der Waals surface area contributed by atoms with Gasteiger partial charge in [-0.25, -0.2) is 9.13 Å². The van der Waals surface area contributed by atoms with E-state index in [4.69, 9.17) is 37.0 Å². The summed E-state index contributed by atoms with van der Waals surface area (Å²) in [6.07, 6.45) is 61.9. The van der Waals surface area contributed by atoms with Crippen LogP contribution in [0.5, 0.6) is 0 Å². The minimum Gasteiger partial charge on any atom is -0.462 e. The van der Waals surface area contributed by atoms with E-state index < -0.39 is 97.5 Å². The molecule has 0 saturated heterocycles. The Bertz CT molecular complexity index is 1990. The molecular weight excluding hydrogens is 1280 g/mol. The van der Waals surface area contributed by atoms with Crippen LogP contribution < -0.4 is 0 Å². The maximum absolute atomic E-state index is 13.1. The number of ether oxygens (including phenoxy) is 4. The number of allylic oxidation sites excluding steroid dienone is 4. The Kier molecular flexibility index (Phi) is 68.5. The number of phosphoric acid groups is 2. The molecule has 0 aliphatic carbocycles. The van der Waals surface area contributed by atoms with Crippen LogP contribution in [-0.4, -0.2) is 96.7 Å². The molecule has 0 radical (unpaired) electrons. The highest BCUT2D eigenvalue weighted by atomic mass is 31.2. The zero-order chi connectivity index (χ0) is 72.1. The molecule has 0 amide bonds. The molecule has 0 spiro atoms. The lowest BCUT2D eigenvalue weighted by Crippen LogP contribution is -2.30. The topological polar surface area (TPSA) is 237 Å². The van der Waals surface area contributed by atoms with Gasteiger partial charge in [0.1, 0.15) is 19.3 Å². The lowest BCUT2D eigenvalue weighted by atomic mass is 10.00. The molecule has 0 heterocycles. The highest BCUT2D eigenvalue weighted by Gasteiger charge is 2.30. The van der Waals surface area contributed by atoms with Crippen molar-refractivity contribution in [2.24, 2.45) is 11.8 Å². The summed E-state index contributed by atoms with van der Waals surface area (Å²) in [6, 6.07) is 0. The van der Waals surface area contributed by atoms with Crippen LogP contribution in [0.2, 0.25) is 0 Å². The van der Waals surface area contributed by atoms with Crippen LogP contribution in [0.25, 0.3) is 0 Å². The molecule has 6 atom stereocenters. The van der Waals surface area contributed by atoms with E-state index in [1.54, 1.807) is 0 Å². The van der Waals surface area contributed by atoms with Crippen molar-refractivity contribution in [2.45, 2.75) is 407 Å². The first-order chi connectivity index (χ1) is 47.4. The van der Waals surface area contributed by atoms with E-state index in [2.05, 4.69) is 65.8 Å². The average Bonchev–Trinajstić information content (AvgIpc) is 1.24. The molecule has 17 nitrogen and oxygen atoms in total. The summed E-state index contributed by atoms with van der Waals surface area (Å²) >= 11 is 0. The third-order valence-corrected chi connectivity index (χ3v) is 20.1. The number of phosphoric ester groups is 2. The number of aliphatic hydroxyl groups excluding tert-OH is 1. The molecule has 0 saturated carbocycles. The molecule has 0 aromatic heterocycles. The average molecular weight is 1430 g/mol. The van der Waals surface area contributed by atoms with Crippen molar-refractivity contribution in [3.05, 3.63) is 24.3 Å². The van der Waals surface area contributed by atoms with Crippen LogP contribution in [0.1, 0.15) is 388 Å². The fourth-order valence-electron chi connectivity index (χ4n) is 11.6. The zero-order valence-electron chi connectivity index (χ0n) is 63.6. The van der Waals surface area contributed by atoms with Crippen molar-refractivity contribution in [3.8, 4) is 0 Å². The number of unbranched alkanes of at least 4 members (excludes halogenated alkanes) is 42. The first-order valence-corrected chi connectivity index (χ1v) is 43.3. The fourth-order valence-corrected chi connectivity index (χ4v) is 13.2. The van der Waals surface area contributed by atoms with E-state index in [9.17, 15) is 43.2 Å². The van der Waals surface area contributed by atoms with Crippen LogP contribution in [-0.2, 0) is 65.4 Å². The van der Waals surface area contributed by atoms with Gasteiger partial charge in [-0.15, -0.1) is 0 Å². The van der Waals surface area contributed by atoms with Crippen molar-refractivity contribution >= 4 is 39.5 Å². The van der Waals surface area contributed by atoms with E-state index in [-0.39, 0.29) is 25.7 Å². The predicted molar refractivity (Wildman–Crippen MR) is 400 cm³/mol. The minimum atomic E-state index is -4.97. The van der Waals surface area contributed by atoms with E-state index in [0.29, 0.717) is 25.7 Å². The van der Waals surface area contributed by atoms with Crippen LogP contribution in [0, 0.1) is 11.8 Å². The van der Waals surface area contributed by atoms with Crippen LogP contribution in [0.4, 0.5) is 0 Å². The molecular formula is C79H150O17P2. The summed E-state index contributed by atoms with van der Waals surface area (Å²) in [6.45, 7) is 9.52. The Labute approximate surface area is 599 Å². The summed E-state index contributed by atoms with van der Waals surface area (Å²) in [7, 11) is -9.93. The second kappa shape index (κ2) is 70.2. The van der Waals surface area contributed by atoms with E-state index in [1.807, 2.05) is 0 Å². The number of hydrogen-bond donors (Lipinski definition) is 3. The van der Waals surface area contributed by atoms with E-state index in [1.165, 1.54) is 180 Å². The minimum absolute atomic E-state index is 0.101. The van der Waals surface area contributed by atoms with Gasteiger partial charge in [0.15, 0.2) is 12.2 Å². The summed E-state index contributed by atoms with van der Waals surface area (Å²) in [5.74, 6) is -0.639. The van der Waals surface area contributed by atoms with Gasteiger partial charge < -0.3 is 33.8 Å². The molecule has 0 aliphatic heterocycles. The monoisotopic (exact) mass is 1430 g/mol. The van der Waals surface area contributed by atoms with Crippen LogP contribution >= 0.6 is 15.6 Å². The molecule has 0 aliphatic rings. The Morgan fingerprint density at radius 2 is 0.602 bits per heavy atom. The Balaban J connectivity index is 5.28. The van der Waals surface area contributed by atoms with Crippen LogP contribution in [0.3, 0.4) is 0 Å². The number of hydrogen-bond acceptors (Lipinski definition) is 15. The van der Waals surface area contributed by atoms with E-state index in [0.717, 1.165) is 127 Å². The zero-order valence-corrected chi connectivity index (χ0v) is 65.4. The second-order valence-electron chi connectivity index (χ2n) is 28.5. The number of rotatable bonds is 76. The maximum atomic E-state index is 13.1. The Morgan fingerprint density at radius 1 is 0.337 bits per heavy atom. The van der Waals surface area contributed by atoms with Gasteiger partial charge in [0.05, 0.1) is 26.4 Å². The third kappa shape index (κ3) is 70.6. The normalized spacial score (nSPS) is 14.4. The van der Waals surface area contributed by atoms with Gasteiger partial charge in [-0.3, -0.25) is 37.3 Å². The van der Waals surface area contributed by atoms with Gasteiger partial charge in [-0.2, -0.15) is 0 Å². The summed E-state index contributed by atoms with van der Waals surface area (Å²) < 4.78 is 68.6. The first-order valence-electron chi connectivity index (χ1n) is 40.3. The van der Waals surface area contributed by atoms with Crippen LogP contribution in [0.15, 0.2) is 24.3 Å². The lowest BCUT2D eigenvalue weighted by molar-refractivity contribution is -0.161. The molecule has 3 N–H and O–H groups in total. The molecule has 578 valence electrons. The molecule has 98 heavy (non-hydrogen) atoms. The van der Waals surface area contributed by atoms with Crippen molar-refractivity contribution in [1.82, 2.24) is 0 Å². The Morgan fingerprint density at radius 3 is 0.918 bits per heavy atom. The highest BCUT2D eigenvalue weighted by molar-refractivity contribution is 7.47. The highest BCUT2D eigenvalue weighted by Crippen LogP contribution is 2.45. The molecule has 19 heteroatoms. The molecule has 0 aromatic rings. The van der Waals surface area contributed by atoms with E-state index >= 15 is 0 Å². The quantitative estimate of drug-likeness (QED) is 0.0169. The number of carbonyl (C=O) groups is 4. The first kappa shape index (κ1) is 95.5. The molecule has 0 bridgehead atoms. The summed E-state index contributed by atoms with van der Waals surface area (Å²) in [4.78, 5) is 72.9. The largest absolute Gasteiger partial charge is 0.472 e. The summed E-state index contributed by atoms with van der Waals surface area (Å²) in [5.41, 5.74) is 0. The SMILES string of the molecule is CCCCCC/C=C\C=C/CCCCCCCC(=O)OC[C@H](COP(=O)(O)OC[C@@H](O)COP(=O)(O)OC[C@@H](COC(=O)CCCCCCCCC(C)CC)OC(=O)CCCCCCCCCCCCCCC(C)C)OC(=O)CCCCCCCCCCCCCCCCCCCC. The lowest BCUT2D eigenvalue weighted by Gasteiger charge is -2.21. The van der Waals surface area contributed by atoms with Gasteiger partial charge in [0.25, 0.3) is 0 Å². The number of esters is 4.